The molecule has 1 unspecified atom stereocenters. The summed E-state index contributed by atoms with van der Waals surface area (Å²) in [4.78, 5) is 10.8. The van der Waals surface area contributed by atoms with Gasteiger partial charge in [-0.3, -0.25) is 0 Å². The van der Waals surface area contributed by atoms with Crippen molar-refractivity contribution < 1.29 is 14.0 Å². The number of rotatable bonds is 2. The van der Waals surface area contributed by atoms with Crippen molar-refractivity contribution >= 4 is 17.9 Å². The third kappa shape index (κ3) is 2.53. The molecule has 0 N–H and O–H groups in total. The molecule has 1 rings (SSSR count). The smallest absolute Gasteiger partial charge is 0.425 e. The van der Waals surface area contributed by atoms with Gasteiger partial charge in [-0.05, 0) is 0 Å². The van der Waals surface area contributed by atoms with Crippen molar-refractivity contribution in [2.24, 2.45) is 0 Å². The molecular formula is C7H14ClN2O2+. The number of carbonyl (C=O) groups is 1. The van der Waals surface area contributed by atoms with Gasteiger partial charge in [-0.25, -0.2) is 9.21 Å². The summed E-state index contributed by atoms with van der Waals surface area (Å²) in [5.74, 6) is 0. The maximum Gasteiger partial charge on any atom is 0.425 e. The Bertz CT molecular complexity index is 190. The Morgan fingerprint density at radius 3 is 2.58 bits per heavy atom. The van der Waals surface area contributed by atoms with E-state index in [0.29, 0.717) is 6.54 Å². The van der Waals surface area contributed by atoms with Gasteiger partial charge in [0.15, 0.2) is 6.10 Å². The van der Waals surface area contributed by atoms with Gasteiger partial charge < -0.3 is 9.22 Å². The maximum absolute atomic E-state index is 10.8. The summed E-state index contributed by atoms with van der Waals surface area (Å²) in [6, 6.07) is 0. The topological polar surface area (TPSA) is 29.5 Å². The van der Waals surface area contributed by atoms with Crippen molar-refractivity contribution in [3.8, 4) is 0 Å². The van der Waals surface area contributed by atoms with Gasteiger partial charge in [0.1, 0.15) is 6.54 Å². The molecule has 4 nitrogen and oxygen atoms in total. The monoisotopic (exact) mass is 193 g/mol. The quantitative estimate of drug-likeness (QED) is 0.477. The molecule has 5 heteroatoms. The van der Waals surface area contributed by atoms with Crippen molar-refractivity contribution in [1.82, 2.24) is 4.42 Å². The average molecular weight is 194 g/mol. The Morgan fingerprint density at radius 2 is 2.25 bits per heavy atom. The van der Waals surface area contributed by atoms with Gasteiger partial charge in [0.05, 0.1) is 27.7 Å². The molecule has 1 atom stereocenters. The molecule has 0 aromatic heterocycles. The van der Waals surface area contributed by atoms with E-state index in [2.05, 4.69) is 0 Å². The van der Waals surface area contributed by atoms with E-state index < -0.39 is 6.09 Å². The summed E-state index contributed by atoms with van der Waals surface area (Å²) in [7, 11) is 6.14. The molecule has 0 saturated carbocycles. The van der Waals surface area contributed by atoms with Crippen LogP contribution in [0.25, 0.3) is 0 Å². The first-order valence-corrected chi connectivity index (χ1v) is 4.17. The van der Waals surface area contributed by atoms with Crippen molar-refractivity contribution in [1.29, 1.82) is 0 Å². The largest absolute Gasteiger partial charge is 0.437 e. The maximum atomic E-state index is 10.8. The molecule has 1 aliphatic rings. The molecule has 0 spiro atoms. The Balaban J connectivity index is 2.43. The number of carbonyl (C=O) groups excluding carboxylic acids is 1. The molecule has 0 aliphatic carbocycles. The van der Waals surface area contributed by atoms with Crippen LogP contribution in [0.3, 0.4) is 0 Å². The second kappa shape index (κ2) is 3.11. The summed E-state index contributed by atoms with van der Waals surface area (Å²) in [5, 5.41) is 0. The van der Waals surface area contributed by atoms with E-state index in [1.807, 2.05) is 21.1 Å². The van der Waals surface area contributed by atoms with E-state index >= 15 is 0 Å². The second-order valence-electron chi connectivity index (χ2n) is 4.02. The van der Waals surface area contributed by atoms with E-state index in [1.165, 1.54) is 0 Å². The fraction of sp³-hybridized carbons (Fsp3) is 0.857. The minimum absolute atomic E-state index is 0.0741. The molecule has 0 aromatic carbocycles. The number of cyclic esters (lactones) is 1. The number of hydrogen-bond acceptors (Lipinski definition) is 2. The summed E-state index contributed by atoms with van der Waals surface area (Å²) in [6.07, 6.45) is -0.509. The minimum atomic E-state index is -0.435. The first-order chi connectivity index (χ1) is 5.38. The molecule has 1 fully saturated rings. The van der Waals surface area contributed by atoms with E-state index in [-0.39, 0.29) is 6.10 Å². The van der Waals surface area contributed by atoms with E-state index in [9.17, 15) is 4.79 Å². The summed E-state index contributed by atoms with van der Waals surface area (Å²) in [6.45, 7) is 1.27. The third-order valence-corrected chi connectivity index (χ3v) is 1.86. The van der Waals surface area contributed by atoms with Crippen LogP contribution in [0.2, 0.25) is 0 Å². The number of amides is 1. The minimum Gasteiger partial charge on any atom is -0.437 e. The highest BCUT2D eigenvalue weighted by molar-refractivity contribution is 6.20. The molecule has 0 aromatic rings. The molecule has 1 aliphatic heterocycles. The van der Waals surface area contributed by atoms with Gasteiger partial charge in [0.2, 0.25) is 0 Å². The lowest BCUT2D eigenvalue weighted by atomic mass is 10.3. The molecule has 1 heterocycles. The number of likely N-dealkylation sites (N-methyl/N-ethyl adjacent to an activating group) is 1. The number of nitrogens with zero attached hydrogens (tertiary/aromatic N) is 2. The number of hydrogen-bond donors (Lipinski definition) is 0. The molecule has 70 valence electrons. The van der Waals surface area contributed by atoms with Gasteiger partial charge in [0, 0.05) is 11.8 Å². The van der Waals surface area contributed by atoms with Gasteiger partial charge in [-0.2, -0.15) is 0 Å². The van der Waals surface area contributed by atoms with Crippen LogP contribution in [-0.4, -0.2) is 55.3 Å². The van der Waals surface area contributed by atoms with E-state index in [0.717, 1.165) is 15.4 Å². The predicted molar refractivity (Wildman–Crippen MR) is 45.7 cm³/mol. The Hall–Kier alpha value is -0.480. The molecular weight excluding hydrogens is 180 g/mol. The lowest BCUT2D eigenvalue weighted by Crippen LogP contribution is -2.42. The Morgan fingerprint density at radius 1 is 1.67 bits per heavy atom. The number of ether oxygens (including phenoxy) is 1. The molecule has 1 amide bonds. The van der Waals surface area contributed by atoms with Crippen LogP contribution in [0.4, 0.5) is 4.79 Å². The third-order valence-electron chi connectivity index (χ3n) is 1.58. The lowest BCUT2D eigenvalue weighted by molar-refractivity contribution is -0.873. The predicted octanol–water partition coefficient (Wildman–Crippen LogP) is 0.667. The van der Waals surface area contributed by atoms with Crippen LogP contribution < -0.4 is 0 Å². The fourth-order valence-corrected chi connectivity index (χ4v) is 1.39. The van der Waals surface area contributed by atoms with Crippen molar-refractivity contribution in [2.45, 2.75) is 6.10 Å². The zero-order chi connectivity index (χ0) is 9.35. The molecule has 12 heavy (non-hydrogen) atoms. The first kappa shape index (κ1) is 9.61. The zero-order valence-corrected chi connectivity index (χ0v) is 8.34. The van der Waals surface area contributed by atoms with E-state index in [1.54, 1.807) is 0 Å². The Labute approximate surface area is 77.3 Å². The van der Waals surface area contributed by atoms with Gasteiger partial charge >= 0.3 is 6.09 Å². The highest BCUT2D eigenvalue weighted by Crippen LogP contribution is 2.14. The first-order valence-electron chi connectivity index (χ1n) is 3.83. The summed E-state index contributed by atoms with van der Waals surface area (Å²) in [5.41, 5.74) is 0. The van der Waals surface area contributed by atoms with Crippen molar-refractivity contribution in [3.05, 3.63) is 0 Å². The lowest BCUT2D eigenvalue weighted by Gasteiger charge is -2.25. The van der Waals surface area contributed by atoms with Gasteiger partial charge in [-0.1, -0.05) is 0 Å². The molecule has 0 radical (unpaired) electrons. The Kier molecular flexibility index (Phi) is 2.49. The SMILES string of the molecule is C[N+](C)(C)CC1CN(Cl)C(=O)O1. The van der Waals surface area contributed by atoms with Crippen LogP contribution in [-0.2, 0) is 4.74 Å². The molecule has 1 saturated heterocycles. The van der Waals surface area contributed by atoms with Gasteiger partial charge in [0.25, 0.3) is 0 Å². The van der Waals surface area contributed by atoms with Crippen LogP contribution in [0.1, 0.15) is 0 Å². The normalized spacial score (nSPS) is 24.5. The number of quaternary nitrogens is 1. The van der Waals surface area contributed by atoms with Crippen LogP contribution in [0.5, 0.6) is 0 Å². The second-order valence-corrected chi connectivity index (χ2v) is 4.43. The standard InChI is InChI=1S/C7H14ClN2O2/c1-10(2,3)5-6-4-9(8)7(11)12-6/h6H,4-5H2,1-3H3/q+1. The molecule has 0 bridgehead atoms. The fourth-order valence-electron chi connectivity index (χ4n) is 1.20. The highest BCUT2D eigenvalue weighted by Gasteiger charge is 2.33. The van der Waals surface area contributed by atoms with E-state index in [4.69, 9.17) is 16.5 Å². The van der Waals surface area contributed by atoms with Crippen LogP contribution >= 0.6 is 11.8 Å². The van der Waals surface area contributed by atoms with Crippen LogP contribution in [0.15, 0.2) is 0 Å². The number of halogens is 1. The van der Waals surface area contributed by atoms with Crippen molar-refractivity contribution in [3.63, 3.8) is 0 Å². The summed E-state index contributed by atoms with van der Waals surface area (Å²) >= 11 is 5.54. The zero-order valence-electron chi connectivity index (χ0n) is 7.58. The van der Waals surface area contributed by atoms with Crippen LogP contribution in [0, 0.1) is 0 Å². The average Bonchev–Trinajstić information content (AvgIpc) is 2.07. The van der Waals surface area contributed by atoms with Crippen molar-refractivity contribution in [2.75, 3.05) is 34.2 Å². The summed E-state index contributed by atoms with van der Waals surface area (Å²) < 4.78 is 6.84. The van der Waals surface area contributed by atoms with Gasteiger partial charge in [-0.15, -0.1) is 0 Å². The highest BCUT2D eigenvalue weighted by atomic mass is 35.5.